The van der Waals surface area contributed by atoms with E-state index in [-0.39, 0.29) is 0 Å². The van der Waals surface area contributed by atoms with Gasteiger partial charge in [0, 0.05) is 6.04 Å². The van der Waals surface area contributed by atoms with Gasteiger partial charge in [-0.25, -0.2) is 0 Å². The van der Waals surface area contributed by atoms with Crippen molar-refractivity contribution in [3.05, 3.63) is 0 Å². The van der Waals surface area contributed by atoms with Crippen molar-refractivity contribution >= 4 is 0 Å². The Balaban J connectivity index is 2.10. The molecule has 0 spiro atoms. The minimum atomic E-state index is 0.433. The van der Waals surface area contributed by atoms with Crippen LogP contribution >= 0.6 is 0 Å². The number of ether oxygens (including phenoxy) is 1. The van der Waals surface area contributed by atoms with Gasteiger partial charge in [-0.2, -0.15) is 0 Å². The Bertz CT molecular complexity index is 139. The largest absolute Gasteiger partial charge is 0.375 e. The van der Waals surface area contributed by atoms with Crippen molar-refractivity contribution in [2.45, 2.75) is 71.1 Å². The van der Waals surface area contributed by atoms with Crippen LogP contribution in [0.2, 0.25) is 0 Å². The SMILES string of the molecule is CCCCCNC1C[C@@H](C)O[C@@H](C)C1. The van der Waals surface area contributed by atoms with Crippen molar-refractivity contribution in [2.75, 3.05) is 6.54 Å². The Morgan fingerprint density at radius 2 is 1.79 bits per heavy atom. The highest BCUT2D eigenvalue weighted by molar-refractivity contribution is 4.78. The number of hydrogen-bond acceptors (Lipinski definition) is 2. The van der Waals surface area contributed by atoms with Gasteiger partial charge in [-0.15, -0.1) is 0 Å². The molecular formula is C12H25NO. The molecule has 1 saturated heterocycles. The first-order valence-electron chi connectivity index (χ1n) is 6.11. The van der Waals surface area contributed by atoms with Gasteiger partial charge < -0.3 is 10.1 Å². The second kappa shape index (κ2) is 6.41. The molecule has 0 amide bonds. The summed E-state index contributed by atoms with van der Waals surface area (Å²) < 4.78 is 5.70. The van der Waals surface area contributed by atoms with Crippen LogP contribution in [0.25, 0.3) is 0 Å². The normalized spacial score (nSPS) is 33.2. The van der Waals surface area contributed by atoms with E-state index in [4.69, 9.17) is 4.74 Å². The van der Waals surface area contributed by atoms with Gasteiger partial charge in [0.25, 0.3) is 0 Å². The summed E-state index contributed by atoms with van der Waals surface area (Å²) in [7, 11) is 0. The fraction of sp³-hybridized carbons (Fsp3) is 1.00. The molecular weight excluding hydrogens is 174 g/mol. The van der Waals surface area contributed by atoms with Crippen LogP contribution in [0.3, 0.4) is 0 Å². The molecule has 0 radical (unpaired) electrons. The van der Waals surface area contributed by atoms with Gasteiger partial charge in [0.05, 0.1) is 12.2 Å². The minimum absolute atomic E-state index is 0.433. The van der Waals surface area contributed by atoms with E-state index in [9.17, 15) is 0 Å². The molecule has 1 aliphatic heterocycles. The summed E-state index contributed by atoms with van der Waals surface area (Å²) >= 11 is 0. The molecule has 0 bridgehead atoms. The minimum Gasteiger partial charge on any atom is -0.375 e. The van der Waals surface area contributed by atoms with E-state index in [0.717, 1.165) is 0 Å². The van der Waals surface area contributed by atoms with E-state index in [1.54, 1.807) is 0 Å². The van der Waals surface area contributed by atoms with Crippen molar-refractivity contribution in [1.82, 2.24) is 5.32 Å². The number of rotatable bonds is 5. The Morgan fingerprint density at radius 3 is 2.36 bits per heavy atom. The molecule has 14 heavy (non-hydrogen) atoms. The molecule has 2 heteroatoms. The molecule has 1 fully saturated rings. The van der Waals surface area contributed by atoms with Crippen molar-refractivity contribution < 1.29 is 4.74 Å². The molecule has 1 heterocycles. The van der Waals surface area contributed by atoms with Crippen LogP contribution in [0.4, 0.5) is 0 Å². The summed E-state index contributed by atoms with van der Waals surface area (Å²) in [5.41, 5.74) is 0. The van der Waals surface area contributed by atoms with E-state index in [1.807, 2.05) is 0 Å². The Hall–Kier alpha value is -0.0800. The lowest BCUT2D eigenvalue weighted by atomic mass is 10.00. The predicted molar refractivity (Wildman–Crippen MR) is 60.6 cm³/mol. The second-order valence-electron chi connectivity index (χ2n) is 4.59. The Morgan fingerprint density at radius 1 is 1.14 bits per heavy atom. The van der Waals surface area contributed by atoms with Gasteiger partial charge >= 0.3 is 0 Å². The van der Waals surface area contributed by atoms with Gasteiger partial charge in [-0.1, -0.05) is 19.8 Å². The van der Waals surface area contributed by atoms with E-state index in [0.29, 0.717) is 18.2 Å². The van der Waals surface area contributed by atoms with E-state index >= 15 is 0 Å². The lowest BCUT2D eigenvalue weighted by Gasteiger charge is -2.32. The first-order chi connectivity index (χ1) is 6.72. The number of hydrogen-bond donors (Lipinski definition) is 1. The zero-order chi connectivity index (χ0) is 10.4. The highest BCUT2D eigenvalue weighted by atomic mass is 16.5. The van der Waals surface area contributed by atoms with E-state index in [1.165, 1.54) is 38.6 Å². The number of unbranched alkanes of at least 4 members (excludes halogenated alkanes) is 2. The third-order valence-corrected chi connectivity index (χ3v) is 2.91. The molecule has 1 N–H and O–H groups in total. The molecule has 1 aliphatic rings. The molecule has 1 rings (SSSR count). The average Bonchev–Trinajstić information content (AvgIpc) is 2.11. The van der Waals surface area contributed by atoms with Gasteiger partial charge in [-0.3, -0.25) is 0 Å². The standard InChI is InChI=1S/C12H25NO/c1-4-5-6-7-13-12-8-10(2)14-11(3)9-12/h10-13H,4-9H2,1-3H3/t10-,11+,12?. The van der Waals surface area contributed by atoms with Gasteiger partial charge in [0.15, 0.2) is 0 Å². The Labute approximate surface area is 88.4 Å². The van der Waals surface area contributed by atoms with Gasteiger partial charge in [0.2, 0.25) is 0 Å². The van der Waals surface area contributed by atoms with Crippen LogP contribution in [-0.4, -0.2) is 24.8 Å². The summed E-state index contributed by atoms with van der Waals surface area (Å²) in [5, 5.41) is 3.64. The third-order valence-electron chi connectivity index (χ3n) is 2.91. The van der Waals surface area contributed by atoms with E-state index < -0.39 is 0 Å². The van der Waals surface area contributed by atoms with Gasteiger partial charge in [-0.05, 0) is 39.7 Å². The maximum atomic E-state index is 5.70. The first kappa shape index (κ1) is 12.0. The molecule has 0 saturated carbocycles. The fourth-order valence-electron chi connectivity index (χ4n) is 2.25. The summed E-state index contributed by atoms with van der Waals surface area (Å²) in [6.07, 6.45) is 7.19. The zero-order valence-corrected chi connectivity index (χ0v) is 9.88. The topological polar surface area (TPSA) is 21.3 Å². The van der Waals surface area contributed by atoms with Crippen molar-refractivity contribution in [3.8, 4) is 0 Å². The van der Waals surface area contributed by atoms with Crippen LogP contribution in [0.1, 0.15) is 52.9 Å². The van der Waals surface area contributed by atoms with Gasteiger partial charge in [0.1, 0.15) is 0 Å². The monoisotopic (exact) mass is 199 g/mol. The van der Waals surface area contributed by atoms with Crippen molar-refractivity contribution in [2.24, 2.45) is 0 Å². The average molecular weight is 199 g/mol. The summed E-state index contributed by atoms with van der Waals surface area (Å²) in [6.45, 7) is 7.78. The predicted octanol–water partition coefficient (Wildman–Crippen LogP) is 2.72. The molecule has 0 aliphatic carbocycles. The van der Waals surface area contributed by atoms with Crippen LogP contribution in [-0.2, 0) is 4.74 Å². The smallest absolute Gasteiger partial charge is 0.0565 e. The quantitative estimate of drug-likeness (QED) is 0.687. The maximum absolute atomic E-state index is 5.70. The second-order valence-corrected chi connectivity index (χ2v) is 4.59. The van der Waals surface area contributed by atoms with Crippen LogP contribution in [0, 0.1) is 0 Å². The molecule has 0 aromatic rings. The summed E-state index contributed by atoms with van der Waals surface area (Å²) in [5.74, 6) is 0. The zero-order valence-electron chi connectivity index (χ0n) is 9.88. The van der Waals surface area contributed by atoms with Crippen molar-refractivity contribution in [1.29, 1.82) is 0 Å². The fourth-order valence-corrected chi connectivity index (χ4v) is 2.25. The first-order valence-corrected chi connectivity index (χ1v) is 6.11. The van der Waals surface area contributed by atoms with Crippen LogP contribution in [0.15, 0.2) is 0 Å². The van der Waals surface area contributed by atoms with Crippen LogP contribution in [0.5, 0.6) is 0 Å². The van der Waals surface area contributed by atoms with E-state index in [2.05, 4.69) is 26.1 Å². The molecule has 84 valence electrons. The molecule has 2 nitrogen and oxygen atoms in total. The third kappa shape index (κ3) is 4.43. The lowest BCUT2D eigenvalue weighted by molar-refractivity contribution is -0.0420. The number of nitrogens with one attached hydrogen (secondary N) is 1. The highest BCUT2D eigenvalue weighted by Gasteiger charge is 2.23. The maximum Gasteiger partial charge on any atom is 0.0565 e. The molecule has 1 unspecified atom stereocenters. The highest BCUT2D eigenvalue weighted by Crippen LogP contribution is 2.18. The van der Waals surface area contributed by atoms with Crippen LogP contribution < -0.4 is 5.32 Å². The summed E-state index contributed by atoms with van der Waals surface area (Å²) in [6, 6.07) is 0.686. The summed E-state index contributed by atoms with van der Waals surface area (Å²) in [4.78, 5) is 0. The Kier molecular flexibility index (Phi) is 5.49. The molecule has 3 atom stereocenters. The molecule has 0 aromatic heterocycles. The van der Waals surface area contributed by atoms with Crippen molar-refractivity contribution in [3.63, 3.8) is 0 Å². The molecule has 0 aromatic carbocycles. The lowest BCUT2D eigenvalue weighted by Crippen LogP contribution is -2.41.